The van der Waals surface area contributed by atoms with Gasteiger partial charge >= 0.3 is 0 Å². The molecule has 0 saturated heterocycles. The summed E-state index contributed by atoms with van der Waals surface area (Å²) in [4.78, 5) is 4.33. The number of hydrogen-bond acceptors (Lipinski definition) is 6. The summed E-state index contributed by atoms with van der Waals surface area (Å²) in [5.74, 6) is 10.6. The van der Waals surface area contributed by atoms with E-state index in [1.807, 2.05) is 41.9 Å². The number of hydrogen-bond donors (Lipinski definition) is 0. The lowest BCUT2D eigenvalue weighted by atomic mass is 10.0. The van der Waals surface area contributed by atoms with Gasteiger partial charge in [0, 0.05) is 47.8 Å². The lowest BCUT2D eigenvalue weighted by molar-refractivity contribution is 0.542. The van der Waals surface area contributed by atoms with Gasteiger partial charge in [0.25, 0.3) is 0 Å². The summed E-state index contributed by atoms with van der Waals surface area (Å²) in [6.07, 6.45) is 12.0. The molecule has 3 aromatic rings. The predicted molar refractivity (Wildman–Crippen MR) is 127 cm³/mol. The second-order valence-electron chi connectivity index (χ2n) is 7.46. The molecule has 0 unspecified atom stereocenters. The molecule has 3 heterocycles. The quantitative estimate of drug-likeness (QED) is 0.252. The summed E-state index contributed by atoms with van der Waals surface area (Å²) < 4.78 is 1.97. The number of rotatable bonds is 8. The molecule has 6 nitrogen and oxygen atoms in total. The third kappa shape index (κ3) is 5.56. The Morgan fingerprint density at radius 1 is 1.16 bits per heavy atom. The third-order valence-corrected chi connectivity index (χ3v) is 6.34. The number of unbranched alkanes of at least 4 members (excludes halogenated alkanes) is 1. The number of aromatic nitrogens is 4. The average Bonchev–Trinajstić information content (AvgIpc) is 3.46. The van der Waals surface area contributed by atoms with E-state index in [1.165, 1.54) is 5.56 Å². The zero-order valence-electron chi connectivity index (χ0n) is 17.6. The van der Waals surface area contributed by atoms with Crippen molar-refractivity contribution in [1.29, 1.82) is 0 Å². The standard InChI is InChI=1S/C24H21ClN6S/c1-3-12-24(29-30-24)13-6-4-5-7-19-14-20(16-26-15-19)22-27-28-23(31(22)2)32-17-18-8-10-21(25)11-9-18/h1,8-11,14-16H,4,6,12-13,17H2,2H3. The second-order valence-corrected chi connectivity index (χ2v) is 8.84. The molecule has 1 aliphatic heterocycles. The first-order valence-electron chi connectivity index (χ1n) is 10.2. The molecule has 0 amide bonds. The molecule has 0 atom stereocenters. The summed E-state index contributed by atoms with van der Waals surface area (Å²) in [5, 5.41) is 18.4. The average molecular weight is 461 g/mol. The lowest BCUT2D eigenvalue weighted by Crippen LogP contribution is -2.08. The Labute approximate surface area is 196 Å². The zero-order valence-corrected chi connectivity index (χ0v) is 19.2. The van der Waals surface area contributed by atoms with Gasteiger partial charge in [-0.3, -0.25) is 4.98 Å². The summed E-state index contributed by atoms with van der Waals surface area (Å²) in [6, 6.07) is 9.81. The molecule has 0 bridgehead atoms. The maximum Gasteiger partial charge on any atom is 0.201 e. The van der Waals surface area contributed by atoms with Gasteiger partial charge in [-0.15, -0.1) is 22.5 Å². The number of thioether (sulfide) groups is 1. The van der Waals surface area contributed by atoms with Crippen molar-refractivity contribution in [1.82, 2.24) is 19.7 Å². The highest BCUT2D eigenvalue weighted by atomic mass is 35.5. The molecule has 0 spiro atoms. The van der Waals surface area contributed by atoms with Crippen molar-refractivity contribution in [3.63, 3.8) is 0 Å². The lowest BCUT2D eigenvalue weighted by Gasteiger charge is -2.05. The molecule has 2 aromatic heterocycles. The van der Waals surface area contributed by atoms with Crippen LogP contribution in [-0.2, 0) is 12.8 Å². The van der Waals surface area contributed by atoms with Crippen LogP contribution in [-0.4, -0.2) is 25.4 Å². The number of nitrogens with zero attached hydrogens (tertiary/aromatic N) is 6. The van der Waals surface area contributed by atoms with Gasteiger partial charge in [-0.2, -0.15) is 10.2 Å². The molecular formula is C24H21ClN6S. The van der Waals surface area contributed by atoms with Crippen molar-refractivity contribution in [2.24, 2.45) is 17.3 Å². The summed E-state index contributed by atoms with van der Waals surface area (Å²) in [7, 11) is 1.96. The van der Waals surface area contributed by atoms with E-state index in [9.17, 15) is 0 Å². The van der Waals surface area contributed by atoms with Gasteiger partial charge in [0.1, 0.15) is 0 Å². The van der Waals surface area contributed by atoms with Crippen LogP contribution in [0.3, 0.4) is 0 Å². The predicted octanol–water partition coefficient (Wildman–Crippen LogP) is 5.53. The van der Waals surface area contributed by atoms with Crippen molar-refractivity contribution >= 4 is 23.4 Å². The van der Waals surface area contributed by atoms with Gasteiger partial charge in [0.2, 0.25) is 5.66 Å². The van der Waals surface area contributed by atoms with Crippen molar-refractivity contribution < 1.29 is 0 Å². The number of terminal acetylenes is 1. The van der Waals surface area contributed by atoms with Gasteiger partial charge in [0.15, 0.2) is 11.0 Å². The Bertz CT molecular complexity index is 1220. The topological polar surface area (TPSA) is 68.3 Å². The van der Waals surface area contributed by atoms with E-state index in [0.717, 1.165) is 52.1 Å². The van der Waals surface area contributed by atoms with E-state index in [4.69, 9.17) is 18.0 Å². The van der Waals surface area contributed by atoms with Crippen molar-refractivity contribution in [3.05, 3.63) is 58.9 Å². The second kappa shape index (κ2) is 9.99. The Hall–Kier alpha value is -3.13. The van der Waals surface area contributed by atoms with E-state index in [2.05, 4.69) is 43.2 Å². The van der Waals surface area contributed by atoms with Crippen LogP contribution in [0.25, 0.3) is 11.4 Å². The van der Waals surface area contributed by atoms with Gasteiger partial charge in [-0.25, -0.2) is 0 Å². The number of pyridine rings is 1. The van der Waals surface area contributed by atoms with Crippen LogP contribution in [0.4, 0.5) is 0 Å². The molecule has 4 rings (SSSR count). The highest BCUT2D eigenvalue weighted by Crippen LogP contribution is 2.36. The van der Waals surface area contributed by atoms with Crippen LogP contribution in [0.1, 0.15) is 36.8 Å². The molecule has 0 fully saturated rings. The van der Waals surface area contributed by atoms with Crippen LogP contribution < -0.4 is 0 Å². The van der Waals surface area contributed by atoms with E-state index in [-0.39, 0.29) is 5.66 Å². The Morgan fingerprint density at radius 3 is 2.72 bits per heavy atom. The fourth-order valence-corrected chi connectivity index (χ4v) is 4.16. The maximum absolute atomic E-state index is 5.95. The summed E-state index contributed by atoms with van der Waals surface area (Å²) in [6.45, 7) is 0. The minimum Gasteiger partial charge on any atom is -0.305 e. The molecule has 0 radical (unpaired) electrons. The molecule has 32 heavy (non-hydrogen) atoms. The van der Waals surface area contributed by atoms with Gasteiger partial charge in [0.05, 0.1) is 6.42 Å². The van der Waals surface area contributed by atoms with E-state index in [1.54, 1.807) is 24.2 Å². The van der Waals surface area contributed by atoms with Crippen LogP contribution in [0.5, 0.6) is 0 Å². The molecule has 0 N–H and O–H groups in total. The van der Waals surface area contributed by atoms with Crippen LogP contribution in [0, 0.1) is 24.2 Å². The molecule has 160 valence electrons. The highest BCUT2D eigenvalue weighted by molar-refractivity contribution is 7.98. The minimum atomic E-state index is -0.327. The van der Waals surface area contributed by atoms with Crippen molar-refractivity contribution in [2.45, 2.75) is 42.3 Å². The van der Waals surface area contributed by atoms with Crippen LogP contribution in [0.2, 0.25) is 5.02 Å². The highest BCUT2D eigenvalue weighted by Gasteiger charge is 2.38. The number of halogens is 1. The largest absolute Gasteiger partial charge is 0.305 e. The van der Waals surface area contributed by atoms with Gasteiger partial charge in [-0.05, 0) is 36.6 Å². The SMILES string of the molecule is C#CCC1(CCCC#Cc2cncc(-c3nnc(SCc4ccc(Cl)cc4)n3C)c2)N=N1. The van der Waals surface area contributed by atoms with Crippen LogP contribution >= 0.6 is 23.4 Å². The number of benzene rings is 1. The van der Waals surface area contributed by atoms with Gasteiger partial charge in [-0.1, -0.05) is 47.3 Å². The minimum absolute atomic E-state index is 0.327. The molecule has 1 aromatic carbocycles. The van der Waals surface area contributed by atoms with Crippen molar-refractivity contribution in [3.8, 4) is 35.6 Å². The fraction of sp³-hybridized carbons (Fsp3) is 0.292. The first-order valence-corrected chi connectivity index (χ1v) is 11.5. The first-order chi connectivity index (χ1) is 15.6. The first kappa shape index (κ1) is 22.1. The Morgan fingerprint density at radius 2 is 1.97 bits per heavy atom. The third-order valence-electron chi connectivity index (χ3n) is 4.99. The maximum atomic E-state index is 5.95. The van der Waals surface area contributed by atoms with Crippen LogP contribution in [0.15, 0.2) is 58.1 Å². The monoisotopic (exact) mass is 460 g/mol. The molecule has 8 heteroatoms. The summed E-state index contributed by atoms with van der Waals surface area (Å²) in [5.41, 5.74) is 2.58. The molecular weight excluding hydrogens is 440 g/mol. The Kier molecular flexibility index (Phi) is 6.90. The summed E-state index contributed by atoms with van der Waals surface area (Å²) >= 11 is 7.58. The molecule has 0 saturated carbocycles. The van der Waals surface area contributed by atoms with E-state index >= 15 is 0 Å². The van der Waals surface area contributed by atoms with E-state index in [0.29, 0.717) is 6.42 Å². The van der Waals surface area contributed by atoms with Crippen molar-refractivity contribution in [2.75, 3.05) is 0 Å². The smallest absolute Gasteiger partial charge is 0.201 e. The molecule has 0 aliphatic carbocycles. The fourth-order valence-electron chi connectivity index (χ4n) is 3.17. The van der Waals surface area contributed by atoms with Gasteiger partial charge < -0.3 is 4.57 Å². The van der Waals surface area contributed by atoms with E-state index < -0.39 is 0 Å². The Balaban J connectivity index is 1.36. The normalized spacial score (nSPS) is 13.3. The zero-order chi connectivity index (χ0) is 22.4. The molecule has 1 aliphatic rings.